The largest absolute Gasteiger partial charge is 0.385 e. The summed E-state index contributed by atoms with van der Waals surface area (Å²) in [5, 5.41) is 12.1. The summed E-state index contributed by atoms with van der Waals surface area (Å²) in [7, 11) is 0. The van der Waals surface area contributed by atoms with E-state index in [2.05, 4.69) is 11.4 Å². The minimum atomic E-state index is 0.726. The van der Waals surface area contributed by atoms with Crippen LogP contribution in [0.15, 0.2) is 24.3 Å². The number of hydrogen-bond donors (Lipinski definition) is 1. The lowest BCUT2D eigenvalue weighted by Gasteiger charge is -2.25. The summed E-state index contributed by atoms with van der Waals surface area (Å²) in [4.78, 5) is 0. The van der Waals surface area contributed by atoms with Gasteiger partial charge in [0.2, 0.25) is 0 Å². The molecule has 0 aliphatic heterocycles. The number of benzene rings is 1. The number of nitrogens with one attached hydrogen (secondary N) is 1. The van der Waals surface area contributed by atoms with Gasteiger partial charge in [0.25, 0.3) is 0 Å². The fraction of sp³-hybridized carbons (Fsp3) is 0.462. The Kier molecular flexibility index (Phi) is 3.24. The highest BCUT2D eigenvalue weighted by atomic mass is 14.9. The standard InChI is InChI=1S/C13H16N2/c14-10-12-5-2-6-13(9-12)15-8-7-11-3-1-4-11/h2,5-6,9,11,15H,1,3-4,7-8H2. The van der Waals surface area contributed by atoms with Gasteiger partial charge in [-0.1, -0.05) is 25.3 Å². The van der Waals surface area contributed by atoms with E-state index in [9.17, 15) is 0 Å². The molecule has 1 saturated carbocycles. The van der Waals surface area contributed by atoms with Gasteiger partial charge in [-0.05, 0) is 30.5 Å². The number of nitriles is 1. The highest BCUT2D eigenvalue weighted by molar-refractivity contribution is 5.48. The summed E-state index contributed by atoms with van der Waals surface area (Å²) in [5.41, 5.74) is 1.79. The van der Waals surface area contributed by atoms with Crippen molar-refractivity contribution in [2.75, 3.05) is 11.9 Å². The first-order valence-corrected chi connectivity index (χ1v) is 5.62. The molecule has 1 aromatic rings. The molecule has 78 valence electrons. The maximum absolute atomic E-state index is 8.75. The van der Waals surface area contributed by atoms with Gasteiger partial charge >= 0.3 is 0 Å². The maximum atomic E-state index is 8.75. The first kappa shape index (κ1) is 10.0. The minimum absolute atomic E-state index is 0.726. The highest BCUT2D eigenvalue weighted by Crippen LogP contribution is 2.29. The zero-order valence-electron chi connectivity index (χ0n) is 8.87. The van der Waals surface area contributed by atoms with E-state index in [0.29, 0.717) is 0 Å². The second kappa shape index (κ2) is 4.84. The Morgan fingerprint density at radius 1 is 1.40 bits per heavy atom. The van der Waals surface area contributed by atoms with Crippen molar-refractivity contribution in [1.82, 2.24) is 0 Å². The van der Waals surface area contributed by atoms with E-state index in [4.69, 9.17) is 5.26 Å². The molecule has 0 bridgehead atoms. The van der Waals surface area contributed by atoms with Gasteiger partial charge in [0.05, 0.1) is 11.6 Å². The molecular weight excluding hydrogens is 184 g/mol. The van der Waals surface area contributed by atoms with Crippen molar-refractivity contribution in [3.63, 3.8) is 0 Å². The van der Waals surface area contributed by atoms with Gasteiger partial charge in [0, 0.05) is 12.2 Å². The van der Waals surface area contributed by atoms with Gasteiger partial charge in [0.1, 0.15) is 0 Å². The lowest BCUT2D eigenvalue weighted by Crippen LogP contribution is -2.15. The molecule has 15 heavy (non-hydrogen) atoms. The predicted octanol–water partition coefficient (Wildman–Crippen LogP) is 3.16. The summed E-state index contributed by atoms with van der Waals surface area (Å²) in [6.07, 6.45) is 5.48. The molecule has 2 nitrogen and oxygen atoms in total. The second-order valence-electron chi connectivity index (χ2n) is 4.20. The van der Waals surface area contributed by atoms with Crippen LogP contribution in [0.4, 0.5) is 5.69 Å². The van der Waals surface area contributed by atoms with Gasteiger partial charge < -0.3 is 5.32 Å². The number of hydrogen-bond acceptors (Lipinski definition) is 2. The van der Waals surface area contributed by atoms with Gasteiger partial charge in [-0.15, -0.1) is 0 Å². The maximum Gasteiger partial charge on any atom is 0.0992 e. The molecule has 1 aromatic carbocycles. The lowest BCUT2D eigenvalue weighted by atomic mass is 9.83. The normalized spacial score (nSPS) is 15.4. The van der Waals surface area contributed by atoms with Crippen molar-refractivity contribution in [3.8, 4) is 6.07 Å². The monoisotopic (exact) mass is 200 g/mol. The third-order valence-corrected chi connectivity index (χ3v) is 3.10. The van der Waals surface area contributed by atoms with E-state index >= 15 is 0 Å². The molecule has 1 fully saturated rings. The summed E-state index contributed by atoms with van der Waals surface area (Å²) in [6, 6.07) is 9.82. The van der Waals surface area contributed by atoms with Crippen molar-refractivity contribution >= 4 is 5.69 Å². The Hall–Kier alpha value is -1.49. The van der Waals surface area contributed by atoms with E-state index in [-0.39, 0.29) is 0 Å². The number of anilines is 1. The fourth-order valence-electron chi connectivity index (χ4n) is 1.90. The molecule has 0 atom stereocenters. The van der Waals surface area contributed by atoms with E-state index in [1.807, 2.05) is 24.3 Å². The smallest absolute Gasteiger partial charge is 0.0992 e. The van der Waals surface area contributed by atoms with E-state index < -0.39 is 0 Å². The van der Waals surface area contributed by atoms with Gasteiger partial charge in [-0.3, -0.25) is 0 Å². The molecule has 0 amide bonds. The Labute approximate surface area is 90.9 Å². The van der Waals surface area contributed by atoms with Crippen LogP contribution in [0.2, 0.25) is 0 Å². The lowest BCUT2D eigenvalue weighted by molar-refractivity contribution is 0.303. The Morgan fingerprint density at radius 2 is 2.27 bits per heavy atom. The van der Waals surface area contributed by atoms with Crippen LogP contribution in [0.5, 0.6) is 0 Å². The summed E-state index contributed by atoms with van der Waals surface area (Å²) < 4.78 is 0. The summed E-state index contributed by atoms with van der Waals surface area (Å²) in [6.45, 7) is 1.03. The topological polar surface area (TPSA) is 35.8 Å². The highest BCUT2D eigenvalue weighted by Gasteiger charge is 2.16. The van der Waals surface area contributed by atoms with Crippen LogP contribution >= 0.6 is 0 Å². The quantitative estimate of drug-likeness (QED) is 0.810. The zero-order chi connectivity index (χ0) is 10.5. The van der Waals surface area contributed by atoms with Crippen LogP contribution in [0.3, 0.4) is 0 Å². The minimum Gasteiger partial charge on any atom is -0.385 e. The van der Waals surface area contributed by atoms with Crippen LogP contribution < -0.4 is 5.32 Å². The van der Waals surface area contributed by atoms with Crippen LogP contribution in [-0.4, -0.2) is 6.54 Å². The first-order valence-electron chi connectivity index (χ1n) is 5.62. The molecule has 2 rings (SSSR count). The first-order chi connectivity index (χ1) is 7.38. The van der Waals surface area contributed by atoms with E-state index in [1.165, 1.54) is 25.7 Å². The van der Waals surface area contributed by atoms with Gasteiger partial charge in [-0.25, -0.2) is 0 Å². The van der Waals surface area contributed by atoms with Crippen molar-refractivity contribution in [2.45, 2.75) is 25.7 Å². The van der Waals surface area contributed by atoms with E-state index in [0.717, 1.165) is 23.7 Å². The summed E-state index contributed by atoms with van der Waals surface area (Å²) in [5.74, 6) is 0.941. The van der Waals surface area contributed by atoms with Crippen LogP contribution in [0.25, 0.3) is 0 Å². The Balaban J connectivity index is 1.79. The average Bonchev–Trinajstić information content (AvgIpc) is 2.22. The number of rotatable bonds is 4. The van der Waals surface area contributed by atoms with Gasteiger partial charge in [-0.2, -0.15) is 5.26 Å². The molecule has 1 N–H and O–H groups in total. The molecule has 0 radical (unpaired) electrons. The van der Waals surface area contributed by atoms with Crippen LogP contribution in [0, 0.1) is 17.2 Å². The zero-order valence-corrected chi connectivity index (χ0v) is 8.87. The Morgan fingerprint density at radius 3 is 2.93 bits per heavy atom. The molecule has 0 spiro atoms. The van der Waals surface area contributed by atoms with Gasteiger partial charge in [0.15, 0.2) is 0 Å². The predicted molar refractivity (Wildman–Crippen MR) is 61.6 cm³/mol. The van der Waals surface area contributed by atoms with Crippen molar-refractivity contribution in [2.24, 2.45) is 5.92 Å². The SMILES string of the molecule is N#Cc1cccc(NCCC2CCC2)c1. The van der Waals surface area contributed by atoms with Crippen molar-refractivity contribution in [3.05, 3.63) is 29.8 Å². The Bertz CT molecular complexity index is 361. The molecule has 0 unspecified atom stereocenters. The third-order valence-electron chi connectivity index (χ3n) is 3.10. The molecule has 0 saturated heterocycles. The molecule has 0 heterocycles. The van der Waals surface area contributed by atoms with E-state index in [1.54, 1.807) is 0 Å². The summed E-state index contributed by atoms with van der Waals surface area (Å²) >= 11 is 0. The molecule has 1 aliphatic carbocycles. The fourth-order valence-corrected chi connectivity index (χ4v) is 1.90. The van der Waals surface area contributed by atoms with Crippen LogP contribution in [-0.2, 0) is 0 Å². The number of nitrogens with zero attached hydrogens (tertiary/aromatic N) is 1. The molecule has 0 aromatic heterocycles. The molecular formula is C13H16N2. The second-order valence-corrected chi connectivity index (χ2v) is 4.20. The van der Waals surface area contributed by atoms with Crippen molar-refractivity contribution < 1.29 is 0 Å². The van der Waals surface area contributed by atoms with Crippen LogP contribution in [0.1, 0.15) is 31.2 Å². The molecule has 2 heteroatoms. The average molecular weight is 200 g/mol. The molecule has 1 aliphatic rings. The third kappa shape index (κ3) is 2.73. The van der Waals surface area contributed by atoms with Crippen molar-refractivity contribution in [1.29, 1.82) is 5.26 Å².